The van der Waals surface area contributed by atoms with E-state index in [1.807, 2.05) is 13.8 Å². The van der Waals surface area contributed by atoms with E-state index in [0.717, 1.165) is 19.6 Å². The maximum Gasteiger partial charge on any atom is 0.0638 e. The summed E-state index contributed by atoms with van der Waals surface area (Å²) in [4.78, 5) is 4.68. The zero-order valence-electron chi connectivity index (χ0n) is 10.9. The first-order chi connectivity index (χ1) is 7.36. The highest BCUT2D eigenvalue weighted by molar-refractivity contribution is 4.92. The van der Waals surface area contributed by atoms with Gasteiger partial charge in [0.25, 0.3) is 0 Å². The second kappa shape index (κ2) is 5.13. The van der Waals surface area contributed by atoms with Crippen molar-refractivity contribution in [2.24, 2.45) is 5.73 Å². The summed E-state index contributed by atoms with van der Waals surface area (Å²) in [6.07, 6.45) is 0.588. The molecule has 1 aliphatic heterocycles. The highest BCUT2D eigenvalue weighted by Gasteiger charge is 2.33. The zero-order chi connectivity index (χ0) is 12.3. The Morgan fingerprint density at radius 2 is 2.06 bits per heavy atom. The fourth-order valence-corrected chi connectivity index (χ4v) is 2.36. The number of piperazine rings is 1. The minimum absolute atomic E-state index is 0.281. The molecular weight excluding hydrogens is 200 g/mol. The maximum atomic E-state index is 8.88. The lowest BCUT2D eigenvalue weighted by molar-refractivity contribution is 0.00430. The Morgan fingerprint density at radius 1 is 1.44 bits per heavy atom. The smallest absolute Gasteiger partial charge is 0.0638 e. The van der Waals surface area contributed by atoms with Gasteiger partial charge >= 0.3 is 0 Å². The average molecular weight is 224 g/mol. The largest absolute Gasteiger partial charge is 0.314 e. The Bertz CT molecular complexity index is 261. The van der Waals surface area contributed by atoms with Crippen molar-refractivity contribution in [3.8, 4) is 6.07 Å². The number of rotatable bonds is 3. The predicted molar refractivity (Wildman–Crippen MR) is 65.7 cm³/mol. The summed E-state index contributed by atoms with van der Waals surface area (Å²) in [6.45, 7) is 11.3. The van der Waals surface area contributed by atoms with Gasteiger partial charge in [-0.2, -0.15) is 5.26 Å². The van der Waals surface area contributed by atoms with Gasteiger partial charge in [0.15, 0.2) is 0 Å². The van der Waals surface area contributed by atoms with E-state index in [9.17, 15) is 0 Å². The molecule has 1 rings (SSSR count). The molecule has 92 valence electrons. The molecule has 1 saturated heterocycles. The zero-order valence-corrected chi connectivity index (χ0v) is 10.9. The lowest BCUT2D eigenvalue weighted by atomic mass is 10.0. The first kappa shape index (κ1) is 13.4. The van der Waals surface area contributed by atoms with Crippen LogP contribution in [0.25, 0.3) is 0 Å². The molecule has 4 nitrogen and oxygen atoms in total. The van der Waals surface area contributed by atoms with Crippen LogP contribution in [0.2, 0.25) is 0 Å². The number of nitrogens with zero attached hydrogens (tertiary/aromatic N) is 3. The van der Waals surface area contributed by atoms with Crippen LogP contribution in [0.3, 0.4) is 0 Å². The quantitative estimate of drug-likeness (QED) is 0.776. The van der Waals surface area contributed by atoms with Gasteiger partial charge in [0.2, 0.25) is 0 Å². The van der Waals surface area contributed by atoms with Crippen LogP contribution >= 0.6 is 0 Å². The molecule has 1 aliphatic rings. The highest BCUT2D eigenvalue weighted by atomic mass is 15.3. The van der Waals surface area contributed by atoms with Gasteiger partial charge in [-0.3, -0.25) is 9.80 Å². The third-order valence-corrected chi connectivity index (χ3v) is 3.33. The first-order valence-electron chi connectivity index (χ1n) is 6.03. The van der Waals surface area contributed by atoms with Gasteiger partial charge in [-0.25, -0.2) is 0 Å². The minimum Gasteiger partial charge on any atom is -0.314 e. The van der Waals surface area contributed by atoms with Crippen LogP contribution in [0.5, 0.6) is 0 Å². The maximum absolute atomic E-state index is 8.88. The Kier molecular flexibility index (Phi) is 4.31. The van der Waals surface area contributed by atoms with Crippen molar-refractivity contribution in [1.29, 1.82) is 5.26 Å². The fourth-order valence-electron chi connectivity index (χ4n) is 2.36. The Hall–Kier alpha value is -0.630. The third-order valence-electron chi connectivity index (χ3n) is 3.33. The van der Waals surface area contributed by atoms with Crippen LogP contribution in [-0.4, -0.2) is 47.2 Å². The summed E-state index contributed by atoms with van der Waals surface area (Å²) < 4.78 is 0. The van der Waals surface area contributed by atoms with Crippen LogP contribution in [0.4, 0.5) is 0 Å². The molecular formula is C12H24N4. The molecule has 0 aliphatic carbocycles. The molecule has 0 amide bonds. The van der Waals surface area contributed by atoms with Crippen LogP contribution in [-0.2, 0) is 0 Å². The van der Waals surface area contributed by atoms with E-state index >= 15 is 0 Å². The van der Waals surface area contributed by atoms with Crippen molar-refractivity contribution < 1.29 is 0 Å². The van der Waals surface area contributed by atoms with Gasteiger partial charge in [-0.1, -0.05) is 0 Å². The van der Waals surface area contributed by atoms with Gasteiger partial charge < -0.3 is 5.73 Å². The molecule has 0 spiro atoms. The molecule has 1 atom stereocenters. The first-order valence-corrected chi connectivity index (χ1v) is 6.03. The van der Waals surface area contributed by atoms with Gasteiger partial charge in [0.1, 0.15) is 0 Å². The monoisotopic (exact) mass is 224 g/mol. The van der Waals surface area contributed by atoms with Crippen molar-refractivity contribution in [3.05, 3.63) is 0 Å². The lowest BCUT2D eigenvalue weighted by Gasteiger charge is -2.47. The van der Waals surface area contributed by atoms with Crippen LogP contribution < -0.4 is 5.73 Å². The van der Waals surface area contributed by atoms with E-state index in [1.54, 1.807) is 0 Å². The van der Waals surface area contributed by atoms with E-state index in [-0.39, 0.29) is 5.66 Å². The summed E-state index contributed by atoms with van der Waals surface area (Å²) in [5, 5.41) is 8.88. The van der Waals surface area contributed by atoms with Gasteiger partial charge in [0.05, 0.1) is 18.2 Å². The van der Waals surface area contributed by atoms with Crippen molar-refractivity contribution in [2.45, 2.75) is 51.9 Å². The summed E-state index contributed by atoms with van der Waals surface area (Å²) in [5.41, 5.74) is 5.83. The van der Waals surface area contributed by atoms with Gasteiger partial charge in [-0.15, -0.1) is 0 Å². The normalized spacial score (nSPS) is 24.7. The standard InChI is InChI=1S/C12H24N4/c1-10(2)16-8-7-15(12(3,4)14)9-11(16)5-6-13/h10-11H,5,7-9,14H2,1-4H3. The molecule has 0 aromatic heterocycles. The predicted octanol–water partition coefficient (Wildman–Crippen LogP) is 0.989. The number of hydrogen-bond acceptors (Lipinski definition) is 4. The van der Waals surface area contributed by atoms with Crippen molar-refractivity contribution in [3.63, 3.8) is 0 Å². The van der Waals surface area contributed by atoms with Crippen molar-refractivity contribution >= 4 is 0 Å². The highest BCUT2D eigenvalue weighted by Crippen LogP contribution is 2.19. The molecule has 1 heterocycles. The molecule has 0 radical (unpaired) electrons. The number of nitriles is 1. The topological polar surface area (TPSA) is 56.3 Å². The van der Waals surface area contributed by atoms with Crippen molar-refractivity contribution in [2.75, 3.05) is 19.6 Å². The van der Waals surface area contributed by atoms with E-state index in [2.05, 4.69) is 29.7 Å². The summed E-state index contributed by atoms with van der Waals surface area (Å²) in [6, 6.07) is 3.11. The van der Waals surface area contributed by atoms with Crippen LogP contribution in [0, 0.1) is 11.3 Å². The van der Waals surface area contributed by atoms with E-state index < -0.39 is 0 Å². The second-order valence-electron chi connectivity index (χ2n) is 5.45. The molecule has 4 heteroatoms. The molecule has 0 aromatic rings. The Balaban J connectivity index is 2.69. The number of hydrogen-bond donors (Lipinski definition) is 1. The summed E-state index contributed by atoms with van der Waals surface area (Å²) in [7, 11) is 0. The van der Waals surface area contributed by atoms with Crippen LogP contribution in [0.1, 0.15) is 34.1 Å². The SMILES string of the molecule is CC(C)N1CCN(C(C)(C)N)CC1CC#N. The van der Waals surface area contributed by atoms with Crippen LogP contribution in [0.15, 0.2) is 0 Å². The molecule has 16 heavy (non-hydrogen) atoms. The van der Waals surface area contributed by atoms with Gasteiger partial charge in [-0.05, 0) is 27.7 Å². The Labute approximate surface area is 99.0 Å². The molecule has 0 saturated carbocycles. The van der Waals surface area contributed by atoms with Gasteiger partial charge in [0, 0.05) is 31.7 Å². The van der Waals surface area contributed by atoms with E-state index in [0.29, 0.717) is 18.5 Å². The third kappa shape index (κ3) is 3.18. The molecule has 0 bridgehead atoms. The van der Waals surface area contributed by atoms with E-state index in [1.165, 1.54) is 0 Å². The molecule has 1 fully saturated rings. The fraction of sp³-hybridized carbons (Fsp3) is 0.917. The minimum atomic E-state index is -0.281. The summed E-state index contributed by atoms with van der Waals surface area (Å²) >= 11 is 0. The van der Waals surface area contributed by atoms with Crippen molar-refractivity contribution in [1.82, 2.24) is 9.80 Å². The Morgan fingerprint density at radius 3 is 2.50 bits per heavy atom. The lowest BCUT2D eigenvalue weighted by Crippen LogP contribution is -2.63. The number of nitrogens with two attached hydrogens (primary N) is 1. The summed E-state index contributed by atoms with van der Waals surface area (Å²) in [5.74, 6) is 0. The molecule has 2 N–H and O–H groups in total. The second-order valence-corrected chi connectivity index (χ2v) is 5.45. The molecule has 0 aromatic carbocycles. The van der Waals surface area contributed by atoms with E-state index in [4.69, 9.17) is 11.0 Å². The average Bonchev–Trinajstić information content (AvgIpc) is 2.16. The molecule has 1 unspecified atom stereocenters.